The van der Waals surface area contributed by atoms with E-state index in [1.54, 1.807) is 0 Å². The average Bonchev–Trinajstić information content (AvgIpc) is 2.30. The second-order valence-electron chi connectivity index (χ2n) is 3.91. The summed E-state index contributed by atoms with van der Waals surface area (Å²) in [5.74, 6) is 2.71. The van der Waals surface area contributed by atoms with Crippen LogP contribution in [0.2, 0.25) is 0 Å². The number of hydrogen-bond donors (Lipinski definition) is 0. The van der Waals surface area contributed by atoms with Crippen LogP contribution in [0.3, 0.4) is 0 Å². The van der Waals surface area contributed by atoms with Gasteiger partial charge in [0.25, 0.3) is 0 Å². The predicted molar refractivity (Wildman–Crippen MR) is 74.2 cm³/mol. The molecule has 4 heteroatoms. The van der Waals surface area contributed by atoms with Crippen LogP contribution in [-0.2, 0) is 9.47 Å². The van der Waals surface area contributed by atoms with Crippen molar-refractivity contribution >= 4 is 23.5 Å². The highest BCUT2D eigenvalue weighted by Crippen LogP contribution is 2.33. The van der Waals surface area contributed by atoms with Crippen molar-refractivity contribution in [2.75, 3.05) is 24.7 Å². The van der Waals surface area contributed by atoms with Crippen LogP contribution in [0.15, 0.2) is 0 Å². The number of rotatable bonds is 8. The minimum Gasteiger partial charge on any atom is -0.353 e. The number of unbranched alkanes of at least 4 members (excludes halogenated alkanes) is 1. The fourth-order valence-electron chi connectivity index (χ4n) is 1.65. The lowest BCUT2D eigenvalue weighted by atomic mass is 10.3. The quantitative estimate of drug-likeness (QED) is 0.491. The van der Waals surface area contributed by atoms with Crippen LogP contribution >= 0.6 is 23.5 Å². The molecule has 0 aromatic rings. The third-order valence-electron chi connectivity index (χ3n) is 2.48. The normalized spacial score (nSPS) is 19.9. The molecule has 0 aliphatic carbocycles. The Kier molecular flexibility index (Phi) is 8.84. The molecule has 0 aromatic carbocycles. The zero-order valence-corrected chi connectivity index (χ0v) is 12.1. The minimum absolute atomic E-state index is 0.0385. The summed E-state index contributed by atoms with van der Waals surface area (Å²) in [6.07, 6.45) is 5.13. The summed E-state index contributed by atoms with van der Waals surface area (Å²) in [4.78, 5) is 0. The van der Waals surface area contributed by atoms with Crippen molar-refractivity contribution in [1.82, 2.24) is 0 Å². The fraction of sp³-hybridized carbons (Fsp3) is 1.00. The number of hydrogen-bond acceptors (Lipinski definition) is 4. The summed E-state index contributed by atoms with van der Waals surface area (Å²) in [5.41, 5.74) is 0. The van der Waals surface area contributed by atoms with Gasteiger partial charge in [-0.2, -0.15) is 0 Å². The molecule has 1 rings (SSSR count). The van der Waals surface area contributed by atoms with Crippen molar-refractivity contribution in [2.45, 2.75) is 50.4 Å². The Hall–Kier alpha value is 0.620. The molecule has 0 bridgehead atoms. The molecular formula is C12H24O2S2. The summed E-state index contributed by atoms with van der Waals surface area (Å²) in [6, 6.07) is 0. The van der Waals surface area contributed by atoms with Crippen molar-refractivity contribution < 1.29 is 9.47 Å². The van der Waals surface area contributed by atoms with Gasteiger partial charge in [0.05, 0.1) is 4.58 Å². The third kappa shape index (κ3) is 7.05. The Labute approximate surface area is 108 Å². The number of thioether (sulfide) groups is 2. The molecule has 0 radical (unpaired) electrons. The van der Waals surface area contributed by atoms with Gasteiger partial charge >= 0.3 is 0 Å². The molecule has 2 nitrogen and oxygen atoms in total. The molecular weight excluding hydrogens is 240 g/mol. The molecule has 0 N–H and O–H groups in total. The topological polar surface area (TPSA) is 18.5 Å². The summed E-state index contributed by atoms with van der Waals surface area (Å²) in [5, 5.41) is 0. The smallest absolute Gasteiger partial charge is 0.154 e. The Morgan fingerprint density at radius 1 is 1.19 bits per heavy atom. The van der Waals surface area contributed by atoms with Crippen LogP contribution in [0.1, 0.15) is 39.5 Å². The Bertz CT molecular complexity index is 161. The molecule has 16 heavy (non-hydrogen) atoms. The zero-order valence-electron chi connectivity index (χ0n) is 10.4. The largest absolute Gasteiger partial charge is 0.353 e. The summed E-state index contributed by atoms with van der Waals surface area (Å²) < 4.78 is 11.7. The van der Waals surface area contributed by atoms with Gasteiger partial charge in [-0.3, -0.25) is 0 Å². The molecule has 1 heterocycles. The minimum atomic E-state index is -0.0385. The van der Waals surface area contributed by atoms with Crippen molar-refractivity contribution in [3.05, 3.63) is 0 Å². The van der Waals surface area contributed by atoms with Crippen LogP contribution in [0, 0.1) is 0 Å². The van der Waals surface area contributed by atoms with E-state index < -0.39 is 0 Å². The predicted octanol–water partition coefficient (Wildman–Crippen LogP) is 3.75. The van der Waals surface area contributed by atoms with E-state index in [4.69, 9.17) is 9.47 Å². The lowest BCUT2D eigenvalue weighted by Gasteiger charge is -2.20. The van der Waals surface area contributed by atoms with E-state index in [-0.39, 0.29) is 6.29 Å². The van der Waals surface area contributed by atoms with E-state index in [9.17, 15) is 0 Å². The summed E-state index contributed by atoms with van der Waals surface area (Å²) >= 11 is 4.27. The van der Waals surface area contributed by atoms with Gasteiger partial charge in [-0.15, -0.1) is 23.5 Å². The second-order valence-corrected chi connectivity index (χ2v) is 6.83. The monoisotopic (exact) mass is 264 g/mol. The summed E-state index contributed by atoms with van der Waals surface area (Å²) in [6.45, 7) is 5.54. The first kappa shape index (κ1) is 14.7. The maximum Gasteiger partial charge on any atom is 0.154 e. The average molecular weight is 264 g/mol. The Balaban J connectivity index is 1.87. The van der Waals surface area contributed by atoms with Gasteiger partial charge in [0, 0.05) is 13.2 Å². The molecule has 0 saturated carbocycles. The van der Waals surface area contributed by atoms with Crippen molar-refractivity contribution in [1.29, 1.82) is 0 Å². The standard InChI is InChI=1S/C12H24O2S2/c1-3-13-11(2)14-8-5-4-7-12-15-9-6-10-16-12/h11-12H,3-10H2,1-2H3. The first-order valence-electron chi connectivity index (χ1n) is 6.29. The van der Waals surface area contributed by atoms with Gasteiger partial charge in [-0.05, 0) is 51.0 Å². The van der Waals surface area contributed by atoms with E-state index in [0.29, 0.717) is 0 Å². The highest BCUT2D eigenvalue weighted by Gasteiger charge is 2.13. The molecule has 0 spiro atoms. The molecule has 96 valence electrons. The summed E-state index contributed by atoms with van der Waals surface area (Å²) in [7, 11) is 0. The molecule has 0 aromatic heterocycles. The second kappa shape index (κ2) is 9.63. The molecule has 1 fully saturated rings. The van der Waals surface area contributed by atoms with Gasteiger partial charge < -0.3 is 9.47 Å². The van der Waals surface area contributed by atoms with Gasteiger partial charge in [0.1, 0.15) is 0 Å². The van der Waals surface area contributed by atoms with Crippen molar-refractivity contribution in [2.24, 2.45) is 0 Å². The highest BCUT2D eigenvalue weighted by molar-refractivity contribution is 8.17. The van der Waals surface area contributed by atoms with Crippen molar-refractivity contribution in [3.8, 4) is 0 Å². The first-order chi connectivity index (χ1) is 7.83. The van der Waals surface area contributed by atoms with Gasteiger partial charge in [-0.25, -0.2) is 0 Å². The van der Waals surface area contributed by atoms with E-state index >= 15 is 0 Å². The van der Waals surface area contributed by atoms with Crippen LogP contribution < -0.4 is 0 Å². The SMILES string of the molecule is CCOC(C)OCCCCC1SCCCS1. The van der Waals surface area contributed by atoms with Crippen LogP contribution in [0.4, 0.5) is 0 Å². The molecule has 1 atom stereocenters. The van der Waals surface area contributed by atoms with E-state index in [1.165, 1.54) is 30.8 Å². The maximum atomic E-state index is 5.54. The van der Waals surface area contributed by atoms with Crippen LogP contribution in [-0.4, -0.2) is 35.6 Å². The van der Waals surface area contributed by atoms with Crippen LogP contribution in [0.25, 0.3) is 0 Å². The molecule has 1 unspecified atom stereocenters. The fourth-order valence-corrected chi connectivity index (χ4v) is 4.61. The molecule has 1 aliphatic heterocycles. The molecule has 1 saturated heterocycles. The van der Waals surface area contributed by atoms with Crippen molar-refractivity contribution in [3.63, 3.8) is 0 Å². The lowest BCUT2D eigenvalue weighted by molar-refractivity contribution is -0.127. The van der Waals surface area contributed by atoms with Gasteiger partial charge in [-0.1, -0.05) is 0 Å². The third-order valence-corrected chi connectivity index (χ3v) is 5.56. The zero-order chi connectivity index (χ0) is 11.6. The highest BCUT2D eigenvalue weighted by atomic mass is 32.2. The maximum absolute atomic E-state index is 5.54. The molecule has 1 aliphatic rings. The molecule has 0 amide bonds. The van der Waals surface area contributed by atoms with E-state index in [0.717, 1.165) is 24.2 Å². The Morgan fingerprint density at radius 2 is 1.94 bits per heavy atom. The van der Waals surface area contributed by atoms with E-state index in [1.807, 2.05) is 13.8 Å². The lowest BCUT2D eigenvalue weighted by Crippen LogP contribution is -2.13. The number of ether oxygens (including phenoxy) is 2. The first-order valence-corrected chi connectivity index (χ1v) is 8.39. The Morgan fingerprint density at radius 3 is 2.62 bits per heavy atom. The van der Waals surface area contributed by atoms with E-state index in [2.05, 4.69) is 23.5 Å². The van der Waals surface area contributed by atoms with Crippen LogP contribution in [0.5, 0.6) is 0 Å². The van der Waals surface area contributed by atoms with Gasteiger partial charge in [0.2, 0.25) is 0 Å². The van der Waals surface area contributed by atoms with Gasteiger partial charge in [0.15, 0.2) is 6.29 Å².